The Bertz CT molecular complexity index is 3990. The van der Waals surface area contributed by atoms with Crippen molar-refractivity contribution in [1.29, 1.82) is 0 Å². The molecule has 9 heteroatoms. The maximum Gasteiger partial charge on any atom is 0.115 e. The lowest BCUT2D eigenvalue weighted by Crippen LogP contribution is -2.48. The van der Waals surface area contributed by atoms with Crippen molar-refractivity contribution in [2.75, 3.05) is 0 Å². The molecular formula is C60H33B7N2. The maximum atomic E-state index is 7.47. The Kier molecular flexibility index (Phi) is 10.4. The highest BCUT2D eigenvalue weighted by Gasteiger charge is 2.25. The fourth-order valence-corrected chi connectivity index (χ4v) is 10.4. The number of hydrogen-bond donors (Lipinski definition) is 0. The Hall–Kier alpha value is -7.75. The summed E-state index contributed by atoms with van der Waals surface area (Å²) < 4.78 is 4.27. The molecule has 0 amide bonds. The molecule has 304 valence electrons. The predicted molar refractivity (Wildman–Crippen MR) is 300 cm³/mol. The normalized spacial score (nSPS) is 11.6. The molecule has 2 aromatic heterocycles. The van der Waals surface area contributed by atoms with Crippen LogP contribution in [0.4, 0.5) is 0 Å². The first kappa shape index (κ1) is 42.6. The van der Waals surface area contributed by atoms with E-state index < -0.39 is 0 Å². The highest BCUT2D eigenvalue weighted by atomic mass is 15.0. The number of rotatable bonds is 7. The summed E-state index contributed by atoms with van der Waals surface area (Å²) >= 11 is 0. The first-order valence-corrected chi connectivity index (χ1v) is 22.8. The van der Waals surface area contributed by atoms with Gasteiger partial charge in [0.1, 0.15) is 54.9 Å². The summed E-state index contributed by atoms with van der Waals surface area (Å²) in [6.07, 6.45) is 0. The van der Waals surface area contributed by atoms with Crippen molar-refractivity contribution < 1.29 is 0 Å². The molecule has 12 aromatic rings. The van der Waals surface area contributed by atoms with Crippen LogP contribution in [0.2, 0.25) is 0 Å². The summed E-state index contributed by atoms with van der Waals surface area (Å²) in [4.78, 5) is 0. The Balaban J connectivity index is 1.11. The summed E-state index contributed by atoms with van der Waals surface area (Å²) in [5, 5.41) is 3.21. The van der Waals surface area contributed by atoms with Crippen LogP contribution in [0.1, 0.15) is 0 Å². The molecule has 12 rings (SSSR count). The van der Waals surface area contributed by atoms with Crippen LogP contribution >= 0.6 is 0 Å². The zero-order valence-electron chi connectivity index (χ0n) is 37.5. The van der Waals surface area contributed by atoms with Crippen LogP contribution in [-0.2, 0) is 0 Å². The third kappa shape index (κ3) is 6.81. The topological polar surface area (TPSA) is 9.86 Å². The summed E-state index contributed by atoms with van der Waals surface area (Å²) in [5.41, 5.74) is 17.0. The zero-order valence-corrected chi connectivity index (χ0v) is 37.5. The predicted octanol–water partition coefficient (Wildman–Crippen LogP) is 7.77. The molecule has 0 saturated heterocycles. The van der Waals surface area contributed by atoms with Gasteiger partial charge in [-0.2, -0.15) is 0 Å². The van der Waals surface area contributed by atoms with Crippen LogP contribution < -0.4 is 38.2 Å². The van der Waals surface area contributed by atoms with E-state index in [9.17, 15) is 0 Å². The van der Waals surface area contributed by atoms with E-state index in [2.05, 4.69) is 162 Å². The first-order chi connectivity index (χ1) is 33.7. The first-order valence-electron chi connectivity index (χ1n) is 22.8. The molecule has 0 fully saturated rings. The molecule has 0 aliphatic carbocycles. The molecule has 0 bridgehead atoms. The average molecular weight is 858 g/mol. The second-order valence-electron chi connectivity index (χ2n) is 17.6. The van der Waals surface area contributed by atoms with E-state index in [0.29, 0.717) is 43.8 Å². The summed E-state index contributed by atoms with van der Waals surface area (Å²) in [6, 6.07) is 69.5. The van der Waals surface area contributed by atoms with Gasteiger partial charge in [-0.05, 0) is 110 Å². The van der Waals surface area contributed by atoms with Crippen molar-refractivity contribution in [3.63, 3.8) is 0 Å². The van der Waals surface area contributed by atoms with Gasteiger partial charge in [-0.1, -0.05) is 179 Å². The van der Waals surface area contributed by atoms with Gasteiger partial charge in [0.25, 0.3) is 0 Å². The molecule has 10 aromatic carbocycles. The number of aromatic nitrogens is 2. The second-order valence-corrected chi connectivity index (χ2v) is 17.6. The lowest BCUT2D eigenvalue weighted by Gasteiger charge is -2.19. The van der Waals surface area contributed by atoms with Gasteiger partial charge in [-0.3, -0.25) is 0 Å². The molecule has 69 heavy (non-hydrogen) atoms. The standard InChI is InChI=1S/C60H33B7N2/c61-52-48(53(62)57(66)59-50(52)51-54(63)55(64)56(65)58(67)60(51)69(59)43-29-24-38(25-30-43)35-14-6-2-7-15-35)41-26-31-46-45(33-41)49-44(40-19-10-18-39(32-40)36-16-8-3-9-17-36)20-11-21-47(49)68(46)42-27-22-37(23-28-42)34-12-4-1-5-13-34/h1-33H. The number of fused-ring (bicyclic) bond motifs is 6. The molecule has 14 radical (unpaired) electrons. The molecule has 0 aliphatic rings. The summed E-state index contributed by atoms with van der Waals surface area (Å²) in [7, 11) is 49.0. The van der Waals surface area contributed by atoms with Crippen LogP contribution in [0.3, 0.4) is 0 Å². The van der Waals surface area contributed by atoms with Gasteiger partial charge < -0.3 is 9.13 Å². The number of hydrogen-bond acceptors (Lipinski definition) is 0. The molecule has 0 atom stereocenters. The van der Waals surface area contributed by atoms with Crippen LogP contribution in [0.15, 0.2) is 200 Å². The Morgan fingerprint density at radius 2 is 0.710 bits per heavy atom. The van der Waals surface area contributed by atoms with Crippen molar-refractivity contribution in [1.82, 2.24) is 9.13 Å². The third-order valence-electron chi connectivity index (χ3n) is 13.7. The van der Waals surface area contributed by atoms with Gasteiger partial charge in [0.15, 0.2) is 0 Å². The number of nitrogens with zero attached hydrogens (tertiary/aromatic N) is 2. The van der Waals surface area contributed by atoms with Crippen LogP contribution in [0, 0.1) is 0 Å². The van der Waals surface area contributed by atoms with Crippen molar-refractivity contribution in [3.05, 3.63) is 200 Å². The average Bonchev–Trinajstić information content (AvgIpc) is 3.94. The smallest absolute Gasteiger partial charge is 0.115 e. The van der Waals surface area contributed by atoms with Crippen LogP contribution in [0.25, 0.3) is 111 Å². The van der Waals surface area contributed by atoms with E-state index >= 15 is 0 Å². The molecule has 0 saturated carbocycles. The minimum absolute atomic E-state index is 0.171. The van der Waals surface area contributed by atoms with Crippen molar-refractivity contribution >= 4 is 137 Å². The molecule has 0 unspecified atom stereocenters. The van der Waals surface area contributed by atoms with Crippen molar-refractivity contribution in [2.24, 2.45) is 0 Å². The molecule has 0 aliphatic heterocycles. The SMILES string of the molecule is [B]c1c([B])c([B])c2c(c1[B])c1c([B])c(-c3ccc4c(c3)c3c(-c5cccc(-c6ccccc6)c5)cccc3n4-c3ccc(-c4ccccc4)cc3)c([B])c([B])c1n2-c1ccc(-c2ccccc2)cc1. The lowest BCUT2D eigenvalue weighted by molar-refractivity contribution is 1.18. The number of benzene rings is 10. The fraction of sp³-hybridized carbons (Fsp3) is 0. The third-order valence-corrected chi connectivity index (χ3v) is 13.7. The lowest BCUT2D eigenvalue weighted by atomic mass is 9.64. The zero-order chi connectivity index (χ0) is 47.1. The van der Waals surface area contributed by atoms with E-state index in [-0.39, 0.29) is 21.9 Å². The minimum Gasteiger partial charge on any atom is -0.311 e. The Morgan fingerprint density at radius 1 is 0.261 bits per heavy atom. The van der Waals surface area contributed by atoms with Crippen molar-refractivity contribution in [3.8, 4) is 67.0 Å². The maximum absolute atomic E-state index is 7.47. The monoisotopic (exact) mass is 858 g/mol. The summed E-state index contributed by atoms with van der Waals surface area (Å²) in [6.45, 7) is 0. The van der Waals surface area contributed by atoms with Crippen LogP contribution in [0.5, 0.6) is 0 Å². The quantitative estimate of drug-likeness (QED) is 0.145. The van der Waals surface area contributed by atoms with Crippen LogP contribution in [-0.4, -0.2) is 64.1 Å². The van der Waals surface area contributed by atoms with Gasteiger partial charge in [0, 0.05) is 38.6 Å². The highest BCUT2D eigenvalue weighted by molar-refractivity contribution is 6.69. The Labute approximate surface area is 410 Å². The highest BCUT2D eigenvalue weighted by Crippen LogP contribution is 2.41. The van der Waals surface area contributed by atoms with E-state index in [0.717, 1.165) is 83.3 Å². The Morgan fingerprint density at radius 3 is 1.30 bits per heavy atom. The molecule has 2 nitrogen and oxygen atoms in total. The fourth-order valence-electron chi connectivity index (χ4n) is 10.4. The van der Waals surface area contributed by atoms with Gasteiger partial charge >= 0.3 is 0 Å². The molecular weight excluding hydrogens is 824 g/mol. The van der Waals surface area contributed by atoms with Crippen molar-refractivity contribution in [2.45, 2.75) is 0 Å². The molecule has 2 heterocycles. The molecule has 0 N–H and O–H groups in total. The minimum atomic E-state index is 0.171. The second kappa shape index (κ2) is 16.8. The largest absolute Gasteiger partial charge is 0.311 e. The van der Waals surface area contributed by atoms with E-state index in [1.54, 1.807) is 0 Å². The van der Waals surface area contributed by atoms with E-state index in [4.69, 9.17) is 54.9 Å². The van der Waals surface area contributed by atoms with E-state index in [1.807, 2.05) is 47.0 Å². The van der Waals surface area contributed by atoms with Gasteiger partial charge in [-0.25, -0.2) is 0 Å². The summed E-state index contributed by atoms with van der Waals surface area (Å²) in [5.74, 6) is 0. The molecule has 0 spiro atoms. The van der Waals surface area contributed by atoms with Gasteiger partial charge in [0.05, 0.1) is 11.0 Å². The van der Waals surface area contributed by atoms with Gasteiger partial charge in [0.2, 0.25) is 0 Å². The van der Waals surface area contributed by atoms with E-state index in [1.165, 1.54) is 0 Å². The van der Waals surface area contributed by atoms with Gasteiger partial charge in [-0.15, -0.1) is 10.9 Å².